The van der Waals surface area contributed by atoms with Crippen LogP contribution < -0.4 is 5.32 Å². The van der Waals surface area contributed by atoms with Crippen LogP contribution >= 0.6 is 0 Å². The molecule has 1 aliphatic rings. The minimum atomic E-state index is -0.0332. The number of fused-ring (bicyclic) bond motifs is 2. The topological polar surface area (TPSA) is 54.9 Å². The normalized spacial score (nSPS) is 13.0. The maximum absolute atomic E-state index is 12.5. The molecular weight excluding hydrogens is 286 g/mol. The highest BCUT2D eigenvalue weighted by Crippen LogP contribution is 2.25. The molecule has 0 spiro atoms. The molecule has 1 amide bonds. The van der Waals surface area contributed by atoms with Gasteiger partial charge in [-0.2, -0.15) is 0 Å². The number of benzene rings is 2. The summed E-state index contributed by atoms with van der Waals surface area (Å²) in [7, 11) is 0. The third-order valence-corrected chi connectivity index (χ3v) is 4.36. The molecule has 1 aromatic heterocycles. The number of aromatic nitrogens is 2. The second kappa shape index (κ2) is 5.80. The van der Waals surface area contributed by atoms with Crippen molar-refractivity contribution < 1.29 is 4.79 Å². The highest BCUT2D eigenvalue weighted by Gasteiger charge is 2.18. The first-order valence-corrected chi connectivity index (χ1v) is 7.90. The lowest BCUT2D eigenvalue weighted by Gasteiger charge is -2.10. The summed E-state index contributed by atoms with van der Waals surface area (Å²) in [5.74, 6) is 0.645. The van der Waals surface area contributed by atoms with E-state index in [0.29, 0.717) is 12.2 Å². The van der Waals surface area contributed by atoms with E-state index in [1.807, 2.05) is 24.3 Å². The molecule has 1 N–H and O–H groups in total. The molecule has 3 aromatic rings. The zero-order valence-electron chi connectivity index (χ0n) is 12.7. The van der Waals surface area contributed by atoms with Crippen molar-refractivity contribution in [3.05, 3.63) is 65.6 Å². The van der Waals surface area contributed by atoms with Crippen molar-refractivity contribution in [2.24, 2.45) is 0 Å². The van der Waals surface area contributed by atoms with E-state index in [-0.39, 0.29) is 5.91 Å². The van der Waals surface area contributed by atoms with E-state index in [9.17, 15) is 4.79 Å². The van der Waals surface area contributed by atoms with Crippen LogP contribution in [-0.2, 0) is 24.1 Å². The first-order chi connectivity index (χ1) is 11.3. The monoisotopic (exact) mass is 303 g/mol. The van der Waals surface area contributed by atoms with Gasteiger partial charge in [0.05, 0.1) is 6.42 Å². The van der Waals surface area contributed by atoms with Crippen LogP contribution in [0.5, 0.6) is 0 Å². The summed E-state index contributed by atoms with van der Waals surface area (Å²) in [5, 5.41) is 5.24. The van der Waals surface area contributed by atoms with Crippen LogP contribution in [0.25, 0.3) is 10.8 Å². The molecule has 23 heavy (non-hydrogen) atoms. The highest BCUT2D eigenvalue weighted by molar-refractivity contribution is 5.96. The van der Waals surface area contributed by atoms with Gasteiger partial charge in [0.2, 0.25) is 5.91 Å². The number of nitrogens with one attached hydrogen (secondary N) is 1. The first-order valence-electron chi connectivity index (χ1n) is 7.90. The van der Waals surface area contributed by atoms with E-state index in [1.165, 1.54) is 6.33 Å². The molecule has 1 aliphatic carbocycles. The molecule has 0 aliphatic heterocycles. The first kappa shape index (κ1) is 13.9. The summed E-state index contributed by atoms with van der Waals surface area (Å²) >= 11 is 0. The van der Waals surface area contributed by atoms with Crippen LogP contribution in [0.3, 0.4) is 0 Å². The minimum absolute atomic E-state index is 0.0332. The van der Waals surface area contributed by atoms with E-state index in [1.54, 1.807) is 0 Å². The van der Waals surface area contributed by atoms with E-state index in [2.05, 4.69) is 33.5 Å². The molecule has 2 aromatic carbocycles. The Morgan fingerprint density at radius 1 is 1.04 bits per heavy atom. The van der Waals surface area contributed by atoms with Gasteiger partial charge in [0.25, 0.3) is 0 Å². The molecule has 0 fully saturated rings. The van der Waals surface area contributed by atoms with Crippen LogP contribution in [0.4, 0.5) is 5.82 Å². The Kier molecular flexibility index (Phi) is 3.50. The van der Waals surface area contributed by atoms with Gasteiger partial charge < -0.3 is 5.32 Å². The molecule has 1 heterocycles. The van der Waals surface area contributed by atoms with Crippen LogP contribution in [0, 0.1) is 0 Å². The molecule has 0 bridgehead atoms. The lowest BCUT2D eigenvalue weighted by Crippen LogP contribution is -2.17. The van der Waals surface area contributed by atoms with Crippen molar-refractivity contribution in [3.8, 4) is 0 Å². The lowest BCUT2D eigenvalue weighted by molar-refractivity contribution is -0.115. The van der Waals surface area contributed by atoms with Crippen molar-refractivity contribution in [2.75, 3.05) is 5.32 Å². The summed E-state index contributed by atoms with van der Waals surface area (Å²) in [6.45, 7) is 0. The number of anilines is 1. The Labute approximate surface area is 134 Å². The number of hydrogen-bond donors (Lipinski definition) is 1. The van der Waals surface area contributed by atoms with Crippen molar-refractivity contribution >= 4 is 22.5 Å². The van der Waals surface area contributed by atoms with Crippen LogP contribution in [-0.4, -0.2) is 15.9 Å². The van der Waals surface area contributed by atoms with E-state index in [0.717, 1.165) is 46.9 Å². The molecule has 0 unspecified atom stereocenters. The van der Waals surface area contributed by atoms with Gasteiger partial charge in [0.1, 0.15) is 12.1 Å². The van der Waals surface area contributed by atoms with Gasteiger partial charge in [-0.25, -0.2) is 9.97 Å². The lowest BCUT2D eigenvalue weighted by atomic mass is 10.0. The Morgan fingerprint density at radius 3 is 2.87 bits per heavy atom. The number of amides is 1. The van der Waals surface area contributed by atoms with E-state index < -0.39 is 0 Å². The van der Waals surface area contributed by atoms with Gasteiger partial charge in [-0.05, 0) is 35.6 Å². The number of carbonyl (C=O) groups excluding carboxylic acids is 1. The number of nitrogens with zero attached hydrogens (tertiary/aromatic N) is 2. The van der Waals surface area contributed by atoms with E-state index in [4.69, 9.17) is 0 Å². The third-order valence-electron chi connectivity index (χ3n) is 4.36. The summed E-state index contributed by atoms with van der Waals surface area (Å²) < 4.78 is 0. The van der Waals surface area contributed by atoms with Gasteiger partial charge in [0, 0.05) is 11.3 Å². The molecule has 4 nitrogen and oxygen atoms in total. The fourth-order valence-corrected chi connectivity index (χ4v) is 3.26. The Morgan fingerprint density at radius 2 is 1.91 bits per heavy atom. The van der Waals surface area contributed by atoms with Gasteiger partial charge in [0.15, 0.2) is 0 Å². The fraction of sp³-hybridized carbons (Fsp3) is 0.211. The Bertz CT molecular complexity index is 883. The van der Waals surface area contributed by atoms with Gasteiger partial charge in [-0.1, -0.05) is 42.5 Å². The molecular formula is C19H17N3O. The summed E-state index contributed by atoms with van der Waals surface area (Å²) in [6.07, 6.45) is 4.89. The van der Waals surface area contributed by atoms with E-state index >= 15 is 0 Å². The number of hydrogen-bond acceptors (Lipinski definition) is 3. The zero-order valence-corrected chi connectivity index (χ0v) is 12.7. The molecule has 4 rings (SSSR count). The van der Waals surface area contributed by atoms with Crippen LogP contribution in [0.15, 0.2) is 48.8 Å². The number of rotatable bonds is 3. The molecule has 0 radical (unpaired) electrons. The molecule has 114 valence electrons. The minimum Gasteiger partial charge on any atom is -0.310 e. The van der Waals surface area contributed by atoms with Crippen molar-refractivity contribution in [1.82, 2.24) is 9.97 Å². The maximum atomic E-state index is 12.5. The fourth-order valence-electron chi connectivity index (χ4n) is 3.26. The summed E-state index contributed by atoms with van der Waals surface area (Å²) in [4.78, 5) is 21.0. The van der Waals surface area contributed by atoms with Gasteiger partial charge in [-0.15, -0.1) is 0 Å². The largest absolute Gasteiger partial charge is 0.310 e. The third kappa shape index (κ3) is 2.68. The second-order valence-corrected chi connectivity index (χ2v) is 5.86. The molecule has 4 heteroatoms. The summed E-state index contributed by atoms with van der Waals surface area (Å²) in [6, 6.07) is 14.2. The van der Waals surface area contributed by atoms with Gasteiger partial charge in [-0.3, -0.25) is 4.79 Å². The smallest absolute Gasteiger partial charge is 0.229 e. The predicted molar refractivity (Wildman–Crippen MR) is 90.3 cm³/mol. The Hall–Kier alpha value is -2.75. The molecule has 0 saturated carbocycles. The standard InChI is InChI=1S/C19H17N3O/c23-18(22-19-16-9-4-10-17(16)20-12-21-19)11-14-7-3-6-13-5-1-2-8-15(13)14/h1-3,5-8,12H,4,9-11H2,(H,20,21,22,23). The van der Waals surface area contributed by atoms with Crippen molar-refractivity contribution in [3.63, 3.8) is 0 Å². The quantitative estimate of drug-likeness (QED) is 0.807. The van der Waals surface area contributed by atoms with Crippen molar-refractivity contribution in [1.29, 1.82) is 0 Å². The number of carbonyl (C=O) groups is 1. The SMILES string of the molecule is O=C(Cc1cccc2ccccc12)Nc1ncnc2c1CCC2. The zero-order chi connectivity index (χ0) is 15.6. The average Bonchev–Trinajstić information content (AvgIpc) is 3.05. The Balaban J connectivity index is 1.58. The van der Waals surface area contributed by atoms with Crippen molar-refractivity contribution in [2.45, 2.75) is 25.7 Å². The van der Waals surface area contributed by atoms with Crippen LogP contribution in [0.2, 0.25) is 0 Å². The maximum Gasteiger partial charge on any atom is 0.229 e. The van der Waals surface area contributed by atoms with Crippen LogP contribution in [0.1, 0.15) is 23.2 Å². The number of aryl methyl sites for hydroxylation is 1. The average molecular weight is 303 g/mol. The van der Waals surface area contributed by atoms with Gasteiger partial charge >= 0.3 is 0 Å². The predicted octanol–water partition coefficient (Wildman–Crippen LogP) is 3.30. The molecule has 0 atom stereocenters. The molecule has 0 saturated heterocycles. The highest BCUT2D eigenvalue weighted by atomic mass is 16.1. The summed E-state index contributed by atoms with van der Waals surface area (Å²) in [5.41, 5.74) is 3.20. The second-order valence-electron chi connectivity index (χ2n) is 5.86.